The first kappa shape index (κ1) is 24.0. The van der Waals surface area contributed by atoms with Crippen LogP contribution in [0.2, 0.25) is 10.0 Å². The number of nitrogens with zero attached hydrogens (tertiary/aromatic N) is 2. The SMILES string of the molecule is O=C(O)c1cc([N+](=O)[O-])c(F)c(Cl)c1F.O=[N+]([O-])c1cc(CO)c(F)c(Cl)c1F. The Balaban J connectivity index is 0.000000291. The molecule has 0 unspecified atom stereocenters. The molecule has 0 aliphatic carbocycles. The molecule has 0 spiro atoms. The molecule has 0 saturated carbocycles. The van der Waals surface area contributed by atoms with Gasteiger partial charge < -0.3 is 10.2 Å². The van der Waals surface area contributed by atoms with Crippen molar-refractivity contribution >= 4 is 40.5 Å². The maximum atomic E-state index is 13.0. The summed E-state index contributed by atoms with van der Waals surface area (Å²) in [5, 5.41) is 35.4. The summed E-state index contributed by atoms with van der Waals surface area (Å²) in [5.41, 5.74) is -3.60. The number of aliphatic hydroxyl groups excluding tert-OH is 1. The van der Waals surface area contributed by atoms with Gasteiger partial charge in [0.05, 0.1) is 16.5 Å². The number of hydrogen-bond donors (Lipinski definition) is 2. The first-order chi connectivity index (χ1) is 13.3. The lowest BCUT2D eigenvalue weighted by Crippen LogP contribution is -2.05. The highest BCUT2D eigenvalue weighted by Crippen LogP contribution is 2.31. The Kier molecular flexibility index (Phi) is 7.82. The van der Waals surface area contributed by atoms with Gasteiger partial charge in [-0.25, -0.2) is 13.6 Å². The van der Waals surface area contributed by atoms with Gasteiger partial charge in [-0.1, -0.05) is 23.2 Å². The molecule has 2 aromatic rings. The number of nitro benzene ring substituents is 2. The lowest BCUT2D eigenvalue weighted by molar-refractivity contribution is -0.387. The highest BCUT2D eigenvalue weighted by atomic mass is 35.5. The fraction of sp³-hybridized carbons (Fsp3) is 0.0714. The van der Waals surface area contributed by atoms with Crippen LogP contribution in [0, 0.1) is 43.5 Å². The molecule has 2 aromatic carbocycles. The number of carbonyl (C=O) groups is 1. The Morgan fingerprint density at radius 1 is 0.897 bits per heavy atom. The molecule has 9 nitrogen and oxygen atoms in total. The van der Waals surface area contributed by atoms with E-state index in [0.717, 1.165) is 0 Å². The van der Waals surface area contributed by atoms with E-state index in [9.17, 15) is 42.6 Å². The van der Waals surface area contributed by atoms with Crippen molar-refractivity contribution in [3.8, 4) is 0 Å². The molecule has 0 aliphatic heterocycles. The second kappa shape index (κ2) is 9.45. The van der Waals surface area contributed by atoms with Gasteiger partial charge in [0.25, 0.3) is 0 Å². The Morgan fingerprint density at radius 2 is 1.31 bits per heavy atom. The summed E-state index contributed by atoms with van der Waals surface area (Å²) in [7, 11) is 0. The molecule has 0 atom stereocenters. The summed E-state index contributed by atoms with van der Waals surface area (Å²) in [4.78, 5) is 28.7. The number of halogens is 6. The Bertz CT molecular complexity index is 982. The van der Waals surface area contributed by atoms with E-state index in [0.29, 0.717) is 6.07 Å². The van der Waals surface area contributed by atoms with E-state index < -0.39 is 78.2 Å². The van der Waals surface area contributed by atoms with E-state index in [2.05, 4.69) is 0 Å². The number of benzene rings is 2. The van der Waals surface area contributed by atoms with Crippen molar-refractivity contribution in [3.63, 3.8) is 0 Å². The Morgan fingerprint density at radius 3 is 1.69 bits per heavy atom. The number of hydrogen-bond acceptors (Lipinski definition) is 6. The van der Waals surface area contributed by atoms with Gasteiger partial charge in [0.1, 0.15) is 15.6 Å². The quantitative estimate of drug-likeness (QED) is 0.300. The number of nitro groups is 2. The molecule has 0 radical (unpaired) electrons. The van der Waals surface area contributed by atoms with Crippen LogP contribution in [-0.2, 0) is 6.61 Å². The molecule has 15 heteroatoms. The smallest absolute Gasteiger partial charge is 0.339 e. The number of aliphatic hydroxyl groups is 1. The minimum absolute atomic E-state index is 0.277. The van der Waals surface area contributed by atoms with Crippen molar-refractivity contribution in [3.05, 3.63) is 76.8 Å². The number of carboxylic acids is 1. The second-order valence-electron chi connectivity index (χ2n) is 4.86. The standard InChI is InChI=1S/C7H2ClF2NO4.C7H4ClF2NO3/c8-4-5(9)2(7(12)13)1-3(6(4)10)11(14)15;8-5-6(9)3(2-12)1-4(7(5)10)11(13)14/h1H,(H,12,13);1,12H,2H2. The Labute approximate surface area is 167 Å². The largest absolute Gasteiger partial charge is 0.478 e. The fourth-order valence-corrected chi connectivity index (χ4v) is 2.19. The van der Waals surface area contributed by atoms with Crippen molar-refractivity contribution in [1.29, 1.82) is 0 Å². The van der Waals surface area contributed by atoms with E-state index in [4.69, 9.17) is 33.4 Å². The topological polar surface area (TPSA) is 144 Å². The van der Waals surface area contributed by atoms with Crippen LogP contribution in [0.15, 0.2) is 12.1 Å². The minimum Gasteiger partial charge on any atom is -0.478 e. The predicted octanol–water partition coefficient (Wildman–Crippen LogP) is 4.24. The maximum Gasteiger partial charge on any atom is 0.339 e. The van der Waals surface area contributed by atoms with Gasteiger partial charge in [-0.2, -0.15) is 8.78 Å². The van der Waals surface area contributed by atoms with Crippen LogP contribution >= 0.6 is 23.2 Å². The van der Waals surface area contributed by atoms with E-state index >= 15 is 0 Å². The zero-order valence-electron chi connectivity index (χ0n) is 13.5. The van der Waals surface area contributed by atoms with Crippen molar-refractivity contribution in [2.45, 2.75) is 6.61 Å². The number of aromatic carboxylic acids is 1. The zero-order valence-corrected chi connectivity index (χ0v) is 15.0. The molecule has 0 bridgehead atoms. The molecule has 29 heavy (non-hydrogen) atoms. The summed E-state index contributed by atoms with van der Waals surface area (Å²) in [6, 6.07) is 0.884. The molecule has 0 saturated heterocycles. The lowest BCUT2D eigenvalue weighted by Gasteiger charge is -2.02. The third-order valence-corrected chi connectivity index (χ3v) is 3.79. The van der Waals surface area contributed by atoms with Crippen LogP contribution in [0.3, 0.4) is 0 Å². The maximum absolute atomic E-state index is 13.0. The number of rotatable bonds is 4. The van der Waals surface area contributed by atoms with Crippen LogP contribution < -0.4 is 0 Å². The highest BCUT2D eigenvalue weighted by Gasteiger charge is 2.27. The normalized spacial score (nSPS) is 10.2. The fourth-order valence-electron chi connectivity index (χ4n) is 1.77. The van der Waals surface area contributed by atoms with Gasteiger partial charge >= 0.3 is 17.3 Å². The van der Waals surface area contributed by atoms with Gasteiger partial charge in [0, 0.05) is 17.7 Å². The van der Waals surface area contributed by atoms with Crippen LogP contribution in [0.25, 0.3) is 0 Å². The molecule has 0 aliphatic rings. The Hall–Kier alpha value is -3.03. The van der Waals surface area contributed by atoms with Crippen molar-refractivity contribution < 1.29 is 42.4 Å². The van der Waals surface area contributed by atoms with Crippen molar-refractivity contribution in [2.75, 3.05) is 0 Å². The molecule has 0 amide bonds. The van der Waals surface area contributed by atoms with E-state index in [1.54, 1.807) is 0 Å². The summed E-state index contributed by atoms with van der Waals surface area (Å²) in [5.74, 6) is -7.52. The van der Waals surface area contributed by atoms with Gasteiger partial charge in [-0.3, -0.25) is 20.2 Å². The average Bonchev–Trinajstić information content (AvgIpc) is 2.64. The van der Waals surface area contributed by atoms with Gasteiger partial charge in [0.2, 0.25) is 11.6 Å². The molecule has 0 fully saturated rings. The highest BCUT2D eigenvalue weighted by molar-refractivity contribution is 6.31. The monoisotopic (exact) mass is 460 g/mol. The van der Waals surface area contributed by atoms with Gasteiger partial charge in [-0.15, -0.1) is 0 Å². The zero-order chi connectivity index (χ0) is 22.6. The average molecular weight is 461 g/mol. The molecular weight excluding hydrogens is 455 g/mol. The van der Waals surface area contributed by atoms with E-state index in [1.807, 2.05) is 0 Å². The third kappa shape index (κ3) is 5.07. The van der Waals surface area contributed by atoms with Crippen LogP contribution in [0.4, 0.5) is 28.9 Å². The summed E-state index contributed by atoms with van der Waals surface area (Å²) in [6.07, 6.45) is 0. The molecule has 2 rings (SSSR count). The molecule has 0 aromatic heterocycles. The van der Waals surface area contributed by atoms with E-state index in [-0.39, 0.29) is 6.07 Å². The third-order valence-electron chi connectivity index (χ3n) is 3.13. The molecule has 156 valence electrons. The first-order valence-corrected chi connectivity index (χ1v) is 7.57. The lowest BCUT2D eigenvalue weighted by atomic mass is 10.2. The molecule has 2 N–H and O–H groups in total. The van der Waals surface area contributed by atoms with E-state index in [1.165, 1.54) is 0 Å². The number of carboxylic acid groups (broad SMARTS) is 1. The van der Waals surface area contributed by atoms with Crippen molar-refractivity contribution in [2.24, 2.45) is 0 Å². The first-order valence-electron chi connectivity index (χ1n) is 6.81. The second-order valence-corrected chi connectivity index (χ2v) is 5.62. The van der Waals surface area contributed by atoms with Gasteiger partial charge in [-0.05, 0) is 0 Å². The molecule has 0 heterocycles. The summed E-state index contributed by atoms with van der Waals surface area (Å²) >= 11 is 10.2. The van der Waals surface area contributed by atoms with Gasteiger partial charge in [0.15, 0.2) is 11.6 Å². The van der Waals surface area contributed by atoms with Crippen molar-refractivity contribution in [1.82, 2.24) is 0 Å². The van der Waals surface area contributed by atoms with Crippen LogP contribution in [0.5, 0.6) is 0 Å². The predicted molar refractivity (Wildman–Crippen MR) is 88.9 cm³/mol. The van der Waals surface area contributed by atoms with Crippen LogP contribution in [0.1, 0.15) is 15.9 Å². The van der Waals surface area contributed by atoms with Crippen LogP contribution in [-0.4, -0.2) is 26.0 Å². The summed E-state index contributed by atoms with van der Waals surface area (Å²) in [6.45, 7) is -0.785. The molecular formula is C14H6Cl2F4N2O7. The minimum atomic E-state index is -1.77. The summed E-state index contributed by atoms with van der Waals surface area (Å²) < 4.78 is 51.8.